The van der Waals surface area contributed by atoms with E-state index in [2.05, 4.69) is 23.0 Å². The number of esters is 1. The summed E-state index contributed by atoms with van der Waals surface area (Å²) >= 11 is 3.98. The first-order valence-corrected chi connectivity index (χ1v) is 10.4. The molecule has 2 saturated heterocycles. The third-order valence-electron chi connectivity index (χ3n) is 4.96. The van der Waals surface area contributed by atoms with Crippen molar-refractivity contribution in [2.45, 2.75) is 29.9 Å². The molecule has 0 amide bonds. The van der Waals surface area contributed by atoms with Gasteiger partial charge >= 0.3 is 5.97 Å². The van der Waals surface area contributed by atoms with Crippen molar-refractivity contribution in [1.29, 1.82) is 0 Å². The maximum absolute atomic E-state index is 12.6. The highest BCUT2D eigenvalue weighted by Gasteiger charge is 2.41. The highest BCUT2D eigenvalue weighted by atomic mass is 32.2. The van der Waals surface area contributed by atoms with E-state index in [-0.39, 0.29) is 17.9 Å². The first-order chi connectivity index (χ1) is 11.3. The highest BCUT2D eigenvalue weighted by molar-refractivity contribution is 8.19. The molecule has 4 rings (SSSR count). The Kier molecular flexibility index (Phi) is 4.85. The smallest absolute Gasteiger partial charge is 0.315 e. The van der Waals surface area contributed by atoms with Crippen LogP contribution in [0.4, 0.5) is 0 Å². The minimum atomic E-state index is -0.0896. The molecule has 2 heterocycles. The Morgan fingerprint density at radius 3 is 2.70 bits per heavy atom. The van der Waals surface area contributed by atoms with Gasteiger partial charge in [0.05, 0.1) is 10.5 Å². The van der Waals surface area contributed by atoms with Crippen LogP contribution in [0.15, 0.2) is 24.3 Å². The van der Waals surface area contributed by atoms with Gasteiger partial charge in [-0.05, 0) is 36.5 Å². The monoisotopic (exact) mass is 350 g/mol. The van der Waals surface area contributed by atoms with Gasteiger partial charge in [0.15, 0.2) is 0 Å². The lowest BCUT2D eigenvalue weighted by atomic mass is 9.78. The van der Waals surface area contributed by atoms with Gasteiger partial charge in [0.25, 0.3) is 0 Å². The summed E-state index contributed by atoms with van der Waals surface area (Å²) in [7, 11) is 0. The minimum Gasteiger partial charge on any atom is -0.426 e. The van der Waals surface area contributed by atoms with Crippen LogP contribution in [-0.4, -0.2) is 30.1 Å². The molecule has 0 spiro atoms. The third kappa shape index (κ3) is 3.40. The van der Waals surface area contributed by atoms with E-state index in [0.29, 0.717) is 16.2 Å². The molecule has 0 radical (unpaired) electrons. The molecule has 23 heavy (non-hydrogen) atoms. The summed E-state index contributed by atoms with van der Waals surface area (Å²) in [6.45, 7) is 0.958. The third-order valence-corrected chi connectivity index (χ3v) is 8.06. The van der Waals surface area contributed by atoms with Crippen LogP contribution >= 0.6 is 23.5 Å². The number of fused-ring (bicyclic) bond motifs is 1. The second kappa shape index (κ2) is 7.05. The largest absolute Gasteiger partial charge is 0.426 e. The molecule has 3 atom stereocenters. The number of nitrogens with one attached hydrogen (secondary N) is 2. The van der Waals surface area contributed by atoms with Crippen LogP contribution in [0.5, 0.6) is 5.75 Å². The zero-order chi connectivity index (χ0) is 15.6. The summed E-state index contributed by atoms with van der Waals surface area (Å²) in [5.74, 6) is 3.53. The fraction of sp³-hybridized carbons (Fsp3) is 0.588. The van der Waals surface area contributed by atoms with E-state index >= 15 is 0 Å². The Morgan fingerprint density at radius 2 is 1.91 bits per heavy atom. The standard InChI is InChI=1S/C17H22N2O2S2/c20-16(14-3-1-2-12-10-18-19-15(12)14)21-13-6-4-11(5-7-13)17-22-8-9-23-17/h4-7,12,14-15,17-19H,1-3,8-10H2. The Balaban J connectivity index is 1.40. The Bertz CT molecular complexity index is 560. The molecule has 1 saturated carbocycles. The van der Waals surface area contributed by atoms with Crippen molar-refractivity contribution in [2.24, 2.45) is 11.8 Å². The number of thioether (sulfide) groups is 2. The number of carbonyl (C=O) groups excluding carboxylic acids is 1. The lowest BCUT2D eigenvalue weighted by Crippen LogP contribution is -2.45. The number of hydrazine groups is 1. The number of carbonyl (C=O) groups is 1. The molecular weight excluding hydrogens is 328 g/mol. The summed E-state index contributed by atoms with van der Waals surface area (Å²) < 4.78 is 6.19. The Labute approximate surface area is 145 Å². The fourth-order valence-corrected chi connectivity index (χ4v) is 6.60. The molecule has 3 fully saturated rings. The molecule has 2 aliphatic heterocycles. The van der Waals surface area contributed by atoms with Crippen molar-refractivity contribution in [2.75, 3.05) is 18.1 Å². The lowest BCUT2D eigenvalue weighted by molar-refractivity contribution is -0.141. The summed E-state index contributed by atoms with van der Waals surface area (Å²) in [4.78, 5) is 12.6. The zero-order valence-corrected chi connectivity index (χ0v) is 14.6. The van der Waals surface area contributed by atoms with Crippen molar-refractivity contribution in [1.82, 2.24) is 10.9 Å². The maximum Gasteiger partial charge on any atom is 0.315 e. The van der Waals surface area contributed by atoms with Crippen LogP contribution in [0, 0.1) is 11.8 Å². The molecule has 2 N–H and O–H groups in total. The molecule has 0 bridgehead atoms. The van der Waals surface area contributed by atoms with Gasteiger partial charge in [-0.1, -0.05) is 18.6 Å². The molecule has 3 aliphatic rings. The fourth-order valence-electron chi connectivity index (χ4n) is 3.74. The van der Waals surface area contributed by atoms with E-state index in [0.717, 1.165) is 19.4 Å². The predicted molar refractivity (Wildman–Crippen MR) is 95.5 cm³/mol. The molecule has 4 nitrogen and oxygen atoms in total. The molecule has 124 valence electrons. The molecule has 0 aromatic heterocycles. The number of hydrogen-bond acceptors (Lipinski definition) is 6. The topological polar surface area (TPSA) is 50.4 Å². The summed E-state index contributed by atoms with van der Waals surface area (Å²) in [5, 5.41) is 0. The van der Waals surface area contributed by atoms with Crippen molar-refractivity contribution < 1.29 is 9.53 Å². The summed E-state index contributed by atoms with van der Waals surface area (Å²) in [5.41, 5.74) is 7.77. The average molecular weight is 351 g/mol. The van der Waals surface area contributed by atoms with Crippen LogP contribution in [0.1, 0.15) is 29.4 Å². The van der Waals surface area contributed by atoms with Crippen molar-refractivity contribution in [3.05, 3.63) is 29.8 Å². The van der Waals surface area contributed by atoms with Crippen LogP contribution in [0.3, 0.4) is 0 Å². The summed E-state index contributed by atoms with van der Waals surface area (Å²) in [6, 6.07) is 8.29. The molecule has 1 aromatic rings. The number of rotatable bonds is 3. The molecule has 1 aliphatic carbocycles. The van der Waals surface area contributed by atoms with E-state index in [9.17, 15) is 4.79 Å². The van der Waals surface area contributed by atoms with E-state index in [4.69, 9.17) is 4.74 Å². The van der Waals surface area contributed by atoms with Gasteiger partial charge < -0.3 is 4.74 Å². The van der Waals surface area contributed by atoms with Crippen LogP contribution in [0.2, 0.25) is 0 Å². The highest BCUT2D eigenvalue weighted by Crippen LogP contribution is 2.45. The summed E-state index contributed by atoms with van der Waals surface area (Å²) in [6.07, 6.45) is 3.22. The van der Waals surface area contributed by atoms with E-state index in [1.165, 1.54) is 23.5 Å². The van der Waals surface area contributed by atoms with Gasteiger partial charge in [-0.25, -0.2) is 0 Å². The predicted octanol–water partition coefficient (Wildman–Crippen LogP) is 2.96. The van der Waals surface area contributed by atoms with Gasteiger partial charge in [0.1, 0.15) is 5.75 Å². The van der Waals surface area contributed by atoms with Gasteiger partial charge in [-0.3, -0.25) is 15.6 Å². The van der Waals surface area contributed by atoms with E-state index < -0.39 is 0 Å². The molecule has 3 unspecified atom stereocenters. The van der Waals surface area contributed by atoms with Crippen molar-refractivity contribution in [3.8, 4) is 5.75 Å². The average Bonchev–Trinajstić information content (AvgIpc) is 3.26. The first kappa shape index (κ1) is 15.8. The molecular formula is C17H22N2O2S2. The number of ether oxygens (including phenoxy) is 1. The Morgan fingerprint density at radius 1 is 1.13 bits per heavy atom. The van der Waals surface area contributed by atoms with E-state index in [1.807, 2.05) is 35.7 Å². The first-order valence-electron chi connectivity index (χ1n) is 8.34. The van der Waals surface area contributed by atoms with Gasteiger partial charge in [0.2, 0.25) is 0 Å². The number of benzene rings is 1. The zero-order valence-electron chi connectivity index (χ0n) is 13.0. The second-order valence-electron chi connectivity index (χ2n) is 6.41. The minimum absolute atomic E-state index is 0.0376. The van der Waals surface area contributed by atoms with Gasteiger partial charge in [-0.15, -0.1) is 23.5 Å². The van der Waals surface area contributed by atoms with Crippen LogP contribution in [-0.2, 0) is 4.79 Å². The van der Waals surface area contributed by atoms with Crippen molar-refractivity contribution in [3.63, 3.8) is 0 Å². The molecule has 6 heteroatoms. The quantitative estimate of drug-likeness (QED) is 0.646. The second-order valence-corrected chi connectivity index (χ2v) is 9.14. The maximum atomic E-state index is 12.6. The SMILES string of the molecule is O=C(Oc1ccc(C2SCCS2)cc1)C1CCCC2CNNC21. The van der Waals surface area contributed by atoms with Gasteiger partial charge in [-0.2, -0.15) is 0 Å². The van der Waals surface area contributed by atoms with E-state index in [1.54, 1.807) is 0 Å². The molecule has 1 aromatic carbocycles. The van der Waals surface area contributed by atoms with Gasteiger partial charge in [0, 0.05) is 24.1 Å². The lowest BCUT2D eigenvalue weighted by Gasteiger charge is -2.31. The van der Waals surface area contributed by atoms with Crippen LogP contribution in [0.25, 0.3) is 0 Å². The van der Waals surface area contributed by atoms with Crippen molar-refractivity contribution >= 4 is 29.5 Å². The Hall–Kier alpha value is -0.690. The number of hydrogen-bond donors (Lipinski definition) is 2. The normalized spacial score (nSPS) is 31.0. The van der Waals surface area contributed by atoms with Crippen LogP contribution < -0.4 is 15.6 Å².